The molecule has 0 aromatic carbocycles. The average molecular weight is 227 g/mol. The first kappa shape index (κ1) is 9.55. The van der Waals surface area contributed by atoms with E-state index in [1.807, 2.05) is 0 Å². The third kappa shape index (κ3) is 1.31. The van der Waals surface area contributed by atoms with E-state index in [0.29, 0.717) is 10.7 Å². The number of allylic oxidation sites excluding steroid dienone is 3. The van der Waals surface area contributed by atoms with Gasteiger partial charge in [-0.25, -0.2) is 4.99 Å². The quantitative estimate of drug-likeness (QED) is 0.587. The normalized spacial score (nSPS) is 25.9. The molecule has 0 N–H and O–H groups in total. The molecule has 14 heavy (non-hydrogen) atoms. The van der Waals surface area contributed by atoms with Crippen LogP contribution in [0.1, 0.15) is 0 Å². The molecule has 5 heteroatoms. The van der Waals surface area contributed by atoms with Crippen LogP contribution in [-0.2, 0) is 4.79 Å². The van der Waals surface area contributed by atoms with E-state index in [-0.39, 0.29) is 11.0 Å². The zero-order valence-corrected chi connectivity index (χ0v) is 8.97. The lowest BCUT2D eigenvalue weighted by Gasteiger charge is -2.28. The van der Waals surface area contributed by atoms with Crippen molar-refractivity contribution in [1.82, 2.24) is 4.90 Å². The third-order valence-electron chi connectivity index (χ3n) is 2.18. The van der Waals surface area contributed by atoms with Crippen LogP contribution in [0.2, 0.25) is 0 Å². The first-order valence-corrected chi connectivity index (χ1v) is 4.84. The van der Waals surface area contributed by atoms with Gasteiger partial charge in [0.2, 0.25) is 11.0 Å². The van der Waals surface area contributed by atoms with Gasteiger partial charge in [-0.1, -0.05) is 17.7 Å². The number of aliphatic imine (C=N–C) groups is 1. The van der Waals surface area contributed by atoms with E-state index in [4.69, 9.17) is 23.8 Å². The van der Waals surface area contributed by atoms with E-state index < -0.39 is 5.92 Å². The maximum atomic E-state index is 11.8. The Morgan fingerprint density at radius 3 is 3.07 bits per heavy atom. The molecule has 0 fully saturated rings. The van der Waals surface area contributed by atoms with Gasteiger partial charge in [0.15, 0.2) is 0 Å². The van der Waals surface area contributed by atoms with Crippen LogP contribution in [0.4, 0.5) is 0 Å². The zero-order chi connectivity index (χ0) is 10.3. The van der Waals surface area contributed by atoms with E-state index >= 15 is 0 Å². The van der Waals surface area contributed by atoms with Crippen molar-refractivity contribution in [2.45, 2.75) is 0 Å². The van der Waals surface area contributed by atoms with E-state index in [9.17, 15) is 4.79 Å². The second-order valence-corrected chi connectivity index (χ2v) is 3.86. The SMILES string of the molecule is CN1C(=O)C2C(Cl)=CC=CC2=NC1=S. The van der Waals surface area contributed by atoms with Gasteiger partial charge in [0.1, 0.15) is 5.92 Å². The first-order chi connectivity index (χ1) is 6.61. The number of rotatable bonds is 0. The molecule has 0 saturated heterocycles. The highest BCUT2D eigenvalue weighted by Gasteiger charge is 2.35. The highest BCUT2D eigenvalue weighted by Crippen LogP contribution is 2.27. The van der Waals surface area contributed by atoms with Crippen molar-refractivity contribution >= 4 is 40.6 Å². The van der Waals surface area contributed by atoms with Crippen LogP contribution >= 0.6 is 23.8 Å². The molecule has 0 aromatic rings. The minimum atomic E-state index is -0.460. The van der Waals surface area contributed by atoms with Gasteiger partial charge in [0, 0.05) is 12.1 Å². The molecule has 2 aliphatic rings. The summed E-state index contributed by atoms with van der Waals surface area (Å²) in [5, 5.41) is 0.780. The van der Waals surface area contributed by atoms with Crippen LogP contribution in [0.15, 0.2) is 28.3 Å². The fourth-order valence-electron chi connectivity index (χ4n) is 1.39. The van der Waals surface area contributed by atoms with Crippen molar-refractivity contribution in [2.75, 3.05) is 7.05 Å². The van der Waals surface area contributed by atoms with Crippen molar-refractivity contribution in [2.24, 2.45) is 10.9 Å². The standard InChI is InChI=1S/C9H7ClN2OS/c1-12-8(13)7-5(10)3-2-4-6(7)11-9(12)14/h2-4,7H,1H3. The molecule has 1 aliphatic heterocycles. The predicted molar refractivity (Wildman–Crippen MR) is 59.4 cm³/mol. The van der Waals surface area contributed by atoms with Gasteiger partial charge in [0.25, 0.3) is 0 Å². The molecule has 0 spiro atoms. The van der Waals surface area contributed by atoms with E-state index in [2.05, 4.69) is 4.99 Å². The Hall–Kier alpha value is -1.00. The number of thiocarbonyl (C=S) groups is 1. The Kier molecular flexibility index (Phi) is 2.25. The summed E-state index contributed by atoms with van der Waals surface area (Å²) in [6, 6.07) is 0. The van der Waals surface area contributed by atoms with E-state index in [0.717, 1.165) is 0 Å². The van der Waals surface area contributed by atoms with E-state index in [1.54, 1.807) is 25.3 Å². The summed E-state index contributed by atoms with van der Waals surface area (Å²) >= 11 is 10.9. The van der Waals surface area contributed by atoms with Crippen LogP contribution in [0.25, 0.3) is 0 Å². The Morgan fingerprint density at radius 1 is 1.64 bits per heavy atom. The van der Waals surface area contributed by atoms with Gasteiger partial charge in [-0.2, -0.15) is 0 Å². The summed E-state index contributed by atoms with van der Waals surface area (Å²) in [6.07, 6.45) is 5.22. The fraction of sp³-hybridized carbons (Fsp3) is 0.222. The van der Waals surface area contributed by atoms with Gasteiger partial charge in [-0.15, -0.1) is 0 Å². The van der Waals surface area contributed by atoms with Gasteiger partial charge < -0.3 is 0 Å². The van der Waals surface area contributed by atoms with E-state index in [1.165, 1.54) is 4.90 Å². The molecule has 1 unspecified atom stereocenters. The van der Waals surface area contributed by atoms with Crippen LogP contribution in [-0.4, -0.2) is 28.7 Å². The van der Waals surface area contributed by atoms with Gasteiger partial charge in [-0.3, -0.25) is 9.69 Å². The number of hydrogen-bond donors (Lipinski definition) is 0. The van der Waals surface area contributed by atoms with Gasteiger partial charge >= 0.3 is 0 Å². The average Bonchev–Trinajstić information content (AvgIpc) is 2.14. The number of hydrogen-bond acceptors (Lipinski definition) is 2. The summed E-state index contributed by atoms with van der Waals surface area (Å²) in [4.78, 5) is 17.3. The van der Waals surface area contributed by atoms with Crippen molar-refractivity contribution in [3.8, 4) is 0 Å². The molecule has 0 radical (unpaired) electrons. The third-order valence-corrected chi connectivity index (χ3v) is 2.89. The molecular weight excluding hydrogens is 220 g/mol. The molecule has 0 saturated carbocycles. The molecule has 1 atom stereocenters. The van der Waals surface area contributed by atoms with Crippen LogP contribution in [0.5, 0.6) is 0 Å². The van der Waals surface area contributed by atoms with Crippen LogP contribution < -0.4 is 0 Å². The summed E-state index contributed by atoms with van der Waals surface area (Å²) in [7, 11) is 1.60. The maximum absolute atomic E-state index is 11.8. The summed E-state index contributed by atoms with van der Waals surface area (Å²) in [6.45, 7) is 0. The van der Waals surface area contributed by atoms with Crippen molar-refractivity contribution < 1.29 is 4.79 Å². The topological polar surface area (TPSA) is 32.7 Å². The molecule has 0 aromatic heterocycles. The van der Waals surface area contributed by atoms with Crippen molar-refractivity contribution in [1.29, 1.82) is 0 Å². The zero-order valence-electron chi connectivity index (χ0n) is 7.40. The monoisotopic (exact) mass is 226 g/mol. The second-order valence-electron chi connectivity index (χ2n) is 3.06. The summed E-state index contributed by atoms with van der Waals surface area (Å²) in [5.74, 6) is -0.580. The number of amides is 1. The summed E-state index contributed by atoms with van der Waals surface area (Å²) in [5.41, 5.74) is 0.630. The number of nitrogens with zero attached hydrogens (tertiary/aromatic N) is 2. The molecule has 1 aliphatic carbocycles. The molecule has 72 valence electrons. The Bertz CT molecular complexity index is 411. The lowest BCUT2D eigenvalue weighted by Crippen LogP contribution is -2.44. The van der Waals surface area contributed by atoms with Crippen LogP contribution in [0.3, 0.4) is 0 Å². The largest absolute Gasteiger partial charge is 0.290 e. The minimum Gasteiger partial charge on any atom is -0.290 e. The Balaban J connectivity index is 2.51. The molecular formula is C9H7ClN2OS. The highest BCUT2D eigenvalue weighted by atomic mass is 35.5. The molecule has 1 amide bonds. The second kappa shape index (κ2) is 3.29. The predicted octanol–water partition coefficient (Wildman–Crippen LogP) is 1.49. The molecule has 1 heterocycles. The molecule has 2 rings (SSSR count). The number of halogens is 1. The van der Waals surface area contributed by atoms with Gasteiger partial charge in [-0.05, 0) is 24.4 Å². The molecule has 3 nitrogen and oxygen atoms in total. The van der Waals surface area contributed by atoms with Crippen molar-refractivity contribution in [3.63, 3.8) is 0 Å². The van der Waals surface area contributed by atoms with Crippen LogP contribution in [0, 0.1) is 5.92 Å². The minimum absolute atomic E-state index is 0.120. The Labute approximate surface area is 91.7 Å². The highest BCUT2D eigenvalue weighted by molar-refractivity contribution is 7.80. The fourth-order valence-corrected chi connectivity index (χ4v) is 1.87. The number of carbonyl (C=O) groups is 1. The smallest absolute Gasteiger partial charge is 0.243 e. The summed E-state index contributed by atoms with van der Waals surface area (Å²) < 4.78 is 0. The molecule has 0 bridgehead atoms. The number of carbonyl (C=O) groups excluding carboxylic acids is 1. The Morgan fingerprint density at radius 2 is 2.36 bits per heavy atom. The van der Waals surface area contributed by atoms with Gasteiger partial charge in [0.05, 0.1) is 5.71 Å². The van der Waals surface area contributed by atoms with Crippen molar-refractivity contribution in [3.05, 3.63) is 23.3 Å². The maximum Gasteiger partial charge on any atom is 0.243 e. The lowest BCUT2D eigenvalue weighted by atomic mass is 9.95. The lowest BCUT2D eigenvalue weighted by molar-refractivity contribution is -0.127. The number of fused-ring (bicyclic) bond motifs is 1. The first-order valence-electron chi connectivity index (χ1n) is 4.05.